The highest BCUT2D eigenvalue weighted by molar-refractivity contribution is 5.92. The lowest BCUT2D eigenvalue weighted by molar-refractivity contribution is 0.0934. The van der Waals surface area contributed by atoms with Crippen LogP contribution in [0, 0.1) is 6.92 Å². The number of aryl methyl sites for hydroxylation is 1. The van der Waals surface area contributed by atoms with Gasteiger partial charge in [0, 0.05) is 41.1 Å². The Morgan fingerprint density at radius 3 is 2.54 bits per heavy atom. The molecule has 134 valence electrons. The van der Waals surface area contributed by atoms with E-state index in [-0.39, 0.29) is 17.9 Å². The van der Waals surface area contributed by atoms with E-state index in [0.29, 0.717) is 11.5 Å². The summed E-state index contributed by atoms with van der Waals surface area (Å²) in [6.07, 6.45) is 5.17. The maximum atomic E-state index is 12.4. The van der Waals surface area contributed by atoms with Crippen molar-refractivity contribution in [3.05, 3.63) is 59.4 Å². The van der Waals surface area contributed by atoms with Crippen molar-refractivity contribution in [3.63, 3.8) is 0 Å². The minimum Gasteiger partial charge on any atom is -0.344 e. The number of hydrogen-bond donors (Lipinski definition) is 2. The predicted octanol–water partition coefficient (Wildman–Crippen LogP) is 3.18. The second kappa shape index (κ2) is 7.43. The van der Waals surface area contributed by atoms with Crippen LogP contribution >= 0.6 is 0 Å². The second-order valence-corrected chi connectivity index (χ2v) is 6.53. The van der Waals surface area contributed by atoms with Gasteiger partial charge in [-0.15, -0.1) is 0 Å². The van der Waals surface area contributed by atoms with E-state index >= 15 is 0 Å². The maximum Gasteiger partial charge on any atom is 0.272 e. The topological polar surface area (TPSA) is 96.5 Å². The molecule has 2 N–H and O–H groups in total. The molecule has 3 aromatic heterocycles. The van der Waals surface area contributed by atoms with Gasteiger partial charge in [0.2, 0.25) is 0 Å². The lowest BCUT2D eigenvalue weighted by Gasteiger charge is -2.15. The van der Waals surface area contributed by atoms with Crippen LogP contribution in [0.25, 0.3) is 11.4 Å². The summed E-state index contributed by atoms with van der Waals surface area (Å²) in [7, 11) is 0. The molecule has 3 rings (SSSR count). The molecule has 7 heteroatoms. The Hall–Kier alpha value is -3.09. The van der Waals surface area contributed by atoms with Crippen molar-refractivity contribution in [2.45, 2.75) is 39.7 Å². The monoisotopic (exact) mass is 350 g/mol. The molecular weight excluding hydrogens is 328 g/mol. The van der Waals surface area contributed by atoms with Gasteiger partial charge in [-0.2, -0.15) is 5.10 Å². The molecule has 0 saturated heterocycles. The van der Waals surface area contributed by atoms with Gasteiger partial charge < -0.3 is 5.32 Å². The van der Waals surface area contributed by atoms with E-state index in [4.69, 9.17) is 0 Å². The molecule has 0 spiro atoms. The quantitative estimate of drug-likeness (QED) is 0.736. The Kier molecular flexibility index (Phi) is 5.06. The number of nitrogens with one attached hydrogen (secondary N) is 2. The van der Waals surface area contributed by atoms with Gasteiger partial charge in [-0.05, 0) is 38.0 Å². The number of rotatable bonds is 5. The Morgan fingerprint density at radius 2 is 1.92 bits per heavy atom. The van der Waals surface area contributed by atoms with Crippen molar-refractivity contribution in [1.82, 2.24) is 30.5 Å². The lowest BCUT2D eigenvalue weighted by Crippen LogP contribution is -2.27. The van der Waals surface area contributed by atoms with Crippen LogP contribution in [0.2, 0.25) is 0 Å². The van der Waals surface area contributed by atoms with Gasteiger partial charge in [0.25, 0.3) is 5.91 Å². The van der Waals surface area contributed by atoms with E-state index < -0.39 is 0 Å². The number of carbonyl (C=O) groups excluding carboxylic acids is 1. The van der Waals surface area contributed by atoms with Crippen molar-refractivity contribution in [1.29, 1.82) is 0 Å². The Labute approximate surface area is 152 Å². The number of aromatic nitrogens is 5. The molecular formula is C19H22N6O. The highest BCUT2D eigenvalue weighted by Gasteiger charge is 2.18. The first-order valence-corrected chi connectivity index (χ1v) is 8.55. The summed E-state index contributed by atoms with van der Waals surface area (Å²) in [6.45, 7) is 7.91. The zero-order valence-corrected chi connectivity index (χ0v) is 15.3. The smallest absolute Gasteiger partial charge is 0.272 e. The predicted molar refractivity (Wildman–Crippen MR) is 98.6 cm³/mol. The third-order valence-corrected chi connectivity index (χ3v) is 4.22. The third-order valence-electron chi connectivity index (χ3n) is 4.22. The Bertz CT molecular complexity index is 903. The average molecular weight is 350 g/mol. The van der Waals surface area contributed by atoms with Gasteiger partial charge in [-0.1, -0.05) is 13.8 Å². The van der Waals surface area contributed by atoms with E-state index in [1.807, 2.05) is 39.8 Å². The molecule has 1 amide bonds. The molecule has 3 aromatic rings. The van der Waals surface area contributed by atoms with E-state index in [1.54, 1.807) is 24.7 Å². The summed E-state index contributed by atoms with van der Waals surface area (Å²) in [5.41, 5.74) is 3.92. The molecule has 0 fully saturated rings. The van der Waals surface area contributed by atoms with E-state index in [0.717, 1.165) is 22.5 Å². The largest absolute Gasteiger partial charge is 0.344 e. The molecule has 0 saturated carbocycles. The molecule has 0 radical (unpaired) electrons. The van der Waals surface area contributed by atoms with Crippen LogP contribution in [0.15, 0.2) is 36.8 Å². The number of pyridine rings is 1. The lowest BCUT2D eigenvalue weighted by atomic mass is 10.1. The van der Waals surface area contributed by atoms with Crippen molar-refractivity contribution in [2.75, 3.05) is 0 Å². The minimum atomic E-state index is -0.229. The minimum absolute atomic E-state index is 0.224. The van der Waals surface area contributed by atoms with Gasteiger partial charge in [-0.25, -0.2) is 9.97 Å². The van der Waals surface area contributed by atoms with Crippen molar-refractivity contribution < 1.29 is 4.79 Å². The van der Waals surface area contributed by atoms with Gasteiger partial charge in [-0.3, -0.25) is 14.9 Å². The first-order chi connectivity index (χ1) is 12.5. The summed E-state index contributed by atoms with van der Waals surface area (Å²) in [6, 6.07) is 5.28. The van der Waals surface area contributed by atoms with E-state index in [1.165, 1.54) is 0 Å². The van der Waals surface area contributed by atoms with Gasteiger partial charge in [0.15, 0.2) is 5.82 Å². The Balaban J connectivity index is 1.75. The fraction of sp³-hybridized carbons (Fsp3) is 0.316. The molecule has 0 aliphatic rings. The van der Waals surface area contributed by atoms with Crippen molar-refractivity contribution >= 4 is 5.91 Å². The first-order valence-electron chi connectivity index (χ1n) is 8.55. The average Bonchev–Trinajstić information content (AvgIpc) is 3.13. The van der Waals surface area contributed by atoms with Crippen LogP contribution in [-0.2, 0) is 0 Å². The first kappa shape index (κ1) is 17.7. The van der Waals surface area contributed by atoms with E-state index in [2.05, 4.69) is 30.5 Å². The summed E-state index contributed by atoms with van der Waals surface area (Å²) >= 11 is 0. The highest BCUT2D eigenvalue weighted by atomic mass is 16.2. The molecule has 0 aliphatic carbocycles. The maximum absolute atomic E-state index is 12.4. The van der Waals surface area contributed by atoms with Crippen molar-refractivity contribution in [2.24, 2.45) is 0 Å². The number of nitrogens with zero attached hydrogens (tertiary/aromatic N) is 4. The van der Waals surface area contributed by atoms with Gasteiger partial charge in [0.1, 0.15) is 5.69 Å². The zero-order chi connectivity index (χ0) is 18.7. The third kappa shape index (κ3) is 3.77. The number of aromatic amines is 1. The SMILES string of the molecule is Cc1nc(-c2ccncc2)ncc1[C@H](C)NC(=O)c1cc(C(C)C)[nH]n1. The fourth-order valence-corrected chi connectivity index (χ4v) is 2.64. The molecule has 0 bridgehead atoms. The molecule has 0 aliphatic heterocycles. The molecule has 26 heavy (non-hydrogen) atoms. The number of amides is 1. The molecule has 7 nitrogen and oxygen atoms in total. The normalized spacial score (nSPS) is 12.2. The highest BCUT2D eigenvalue weighted by Crippen LogP contribution is 2.20. The van der Waals surface area contributed by atoms with E-state index in [9.17, 15) is 4.79 Å². The summed E-state index contributed by atoms with van der Waals surface area (Å²) in [4.78, 5) is 25.4. The van der Waals surface area contributed by atoms with Gasteiger partial charge in [0.05, 0.1) is 6.04 Å². The molecule has 0 unspecified atom stereocenters. The fourth-order valence-electron chi connectivity index (χ4n) is 2.64. The molecule has 1 atom stereocenters. The summed E-state index contributed by atoms with van der Waals surface area (Å²) in [5, 5.41) is 9.93. The van der Waals surface area contributed by atoms with Crippen LogP contribution in [-0.4, -0.2) is 31.1 Å². The van der Waals surface area contributed by atoms with Gasteiger partial charge >= 0.3 is 0 Å². The van der Waals surface area contributed by atoms with Crippen LogP contribution in [0.5, 0.6) is 0 Å². The van der Waals surface area contributed by atoms with Crippen LogP contribution < -0.4 is 5.32 Å². The summed E-state index contributed by atoms with van der Waals surface area (Å²) < 4.78 is 0. The standard InChI is InChI=1S/C19H22N6O/c1-11(2)16-9-17(25-24-16)19(26)23-13(4)15-10-21-18(22-12(15)3)14-5-7-20-8-6-14/h5-11,13H,1-4H3,(H,23,26)(H,24,25)/t13-/m0/s1. The van der Waals surface area contributed by atoms with Crippen LogP contribution in [0.1, 0.15) is 60.2 Å². The van der Waals surface area contributed by atoms with Crippen LogP contribution in [0.3, 0.4) is 0 Å². The van der Waals surface area contributed by atoms with Crippen LogP contribution in [0.4, 0.5) is 0 Å². The number of carbonyl (C=O) groups is 1. The second-order valence-electron chi connectivity index (χ2n) is 6.53. The Morgan fingerprint density at radius 1 is 1.19 bits per heavy atom. The number of hydrogen-bond acceptors (Lipinski definition) is 5. The summed E-state index contributed by atoms with van der Waals surface area (Å²) in [5.74, 6) is 0.706. The zero-order valence-electron chi connectivity index (χ0n) is 15.3. The number of H-pyrrole nitrogens is 1. The van der Waals surface area contributed by atoms with Crippen molar-refractivity contribution in [3.8, 4) is 11.4 Å². The molecule has 0 aromatic carbocycles. The molecule has 3 heterocycles.